The van der Waals surface area contributed by atoms with Gasteiger partial charge in [0.2, 0.25) is 17.4 Å². The Morgan fingerprint density at radius 3 is 1.19 bits per heavy atom. The van der Waals surface area contributed by atoms with Crippen molar-refractivity contribution in [3.05, 3.63) is 205 Å². The standard InChI is InChI=1S/2C22H21ClF3N3O4.C21H21ClF2N4O3.C19H18ClFN2O4/c1-13-8-15(3-4-16(13)23)32-10-17(30)28-20-6-7-21(11-20,12-20)29-19(31)14-2-5-18(27-9-14)33-22(24,25)26;1-13-8-14(2-4-16(13)23)32-10-18(30)28-20-6-7-21(11-20,12-20)29-19(31)17-5-3-15(9-27-17)33-22(24,25)26;1-12(23)16-7-26-17(8-25-16)19(30)28-21-5-4-20(10-21,11-21)27-18(29)9-31-13-2-3-14(22)15(24)6-13;1-11-4-16(27-23-11)15(24)6-18-8-19(9-18,10-18)22-17(25)7-26-12-2-3-13(20)14(21)5-12/h2*2-5,8-9H,6-7,10-12H2,1H3,(H,28,30)(H,29,31);2-3,6-8,12H,4-5,9-11H2,1H3,(H,27,29)(H,28,30);2-5H,6-10H2,1H3,(H,22,25). The molecule has 0 spiro atoms. The number of carbonyl (C=O) groups excluding carboxylic acids is 8. The number of alkyl halides is 7. The molecule has 1 unspecified atom stereocenters. The molecule has 12 fully saturated rings. The van der Waals surface area contributed by atoms with Crippen LogP contribution in [0.2, 0.25) is 20.1 Å². The van der Waals surface area contributed by atoms with Crippen LogP contribution in [0, 0.1) is 37.8 Å². The molecule has 8 bridgehead atoms. The van der Waals surface area contributed by atoms with E-state index >= 15 is 0 Å². The number of carbonyl (C=O) groups is 8. The highest BCUT2D eigenvalue weighted by Gasteiger charge is 2.69. The van der Waals surface area contributed by atoms with Crippen LogP contribution in [0.3, 0.4) is 0 Å². The first kappa shape index (κ1) is 90.5. The molecular formula is C84H81Cl4F9N12O15. The van der Waals surface area contributed by atoms with Crippen molar-refractivity contribution < 1.29 is 111 Å². The third-order valence-electron chi connectivity index (χ3n) is 22.9. The van der Waals surface area contributed by atoms with Gasteiger partial charge in [-0.05, 0) is 219 Å². The van der Waals surface area contributed by atoms with Gasteiger partial charge in [-0.3, -0.25) is 43.3 Å². The van der Waals surface area contributed by atoms with Crippen molar-refractivity contribution >= 4 is 93.5 Å². The molecule has 124 heavy (non-hydrogen) atoms. The van der Waals surface area contributed by atoms with Gasteiger partial charge in [-0.1, -0.05) is 51.6 Å². The molecule has 4 heterocycles. The average molecular weight is 1810 g/mol. The Kier molecular flexibility index (Phi) is 26.1. The minimum absolute atomic E-state index is 0.000929. The fourth-order valence-corrected chi connectivity index (χ4v) is 18.3. The number of Topliss-reactive ketones (excluding diaryl/α,β-unsaturated/α-hetero) is 1. The minimum atomic E-state index is -4.85. The molecule has 4 aromatic heterocycles. The highest BCUT2D eigenvalue weighted by Crippen LogP contribution is 2.69. The smallest absolute Gasteiger partial charge is 0.484 e. The molecule has 0 saturated heterocycles. The molecule has 12 aliphatic rings. The van der Waals surface area contributed by atoms with Gasteiger partial charge in [0.1, 0.15) is 57.9 Å². The summed E-state index contributed by atoms with van der Waals surface area (Å²) in [5.74, 6) is -2.97. The second kappa shape index (κ2) is 35.8. The predicted octanol–water partition coefficient (Wildman–Crippen LogP) is 14.6. The molecule has 0 aliphatic heterocycles. The number of halogens is 13. The largest absolute Gasteiger partial charge is 0.574 e. The molecule has 7 N–H and O–H groups in total. The van der Waals surface area contributed by atoms with E-state index in [9.17, 15) is 77.9 Å². The van der Waals surface area contributed by atoms with Gasteiger partial charge in [-0.2, -0.15) is 0 Å². The third-order valence-corrected chi connectivity index (χ3v) is 24.4. The van der Waals surface area contributed by atoms with Gasteiger partial charge in [-0.15, -0.1) is 26.3 Å². The van der Waals surface area contributed by atoms with Gasteiger partial charge < -0.3 is 70.2 Å². The molecule has 12 aliphatic carbocycles. The molecule has 40 heteroatoms. The van der Waals surface area contributed by atoms with Crippen LogP contribution in [-0.2, 0) is 19.2 Å². The lowest BCUT2D eigenvalue weighted by Gasteiger charge is -2.70. The number of hydrogen-bond acceptors (Lipinski definition) is 20. The monoisotopic (exact) mass is 1810 g/mol. The summed E-state index contributed by atoms with van der Waals surface area (Å²) in [6, 6.07) is 24.3. The number of ketones is 1. The van der Waals surface area contributed by atoms with E-state index in [1.807, 2.05) is 13.8 Å². The summed E-state index contributed by atoms with van der Waals surface area (Å²) in [5, 5.41) is 25.7. The summed E-state index contributed by atoms with van der Waals surface area (Å²) in [4.78, 5) is 114. The van der Waals surface area contributed by atoms with Crippen LogP contribution in [0.25, 0.3) is 0 Å². The number of hydrogen-bond donors (Lipinski definition) is 7. The Bertz CT molecular complexity index is 5190. The fraction of sp³-hybridized carbons (Fsp3) is 0.417. The first-order valence-electron chi connectivity index (χ1n) is 38.9. The topological polar surface area (TPSA) is 354 Å². The van der Waals surface area contributed by atoms with Crippen LogP contribution >= 0.6 is 46.4 Å². The molecule has 27 nitrogen and oxygen atoms in total. The van der Waals surface area contributed by atoms with Gasteiger partial charge in [-0.25, -0.2) is 28.1 Å². The van der Waals surface area contributed by atoms with E-state index in [4.69, 9.17) is 69.9 Å². The maximum atomic E-state index is 13.5. The molecule has 658 valence electrons. The Hall–Kier alpha value is -11.2. The van der Waals surface area contributed by atoms with E-state index in [1.165, 1.54) is 55.7 Å². The van der Waals surface area contributed by atoms with E-state index in [1.54, 1.807) is 49.4 Å². The third kappa shape index (κ3) is 22.3. The van der Waals surface area contributed by atoms with E-state index in [0.717, 1.165) is 79.9 Å². The zero-order valence-corrected chi connectivity index (χ0v) is 69.6. The molecule has 4 aromatic carbocycles. The normalized spacial score (nSPS) is 24.2. The molecule has 8 aromatic rings. The maximum absolute atomic E-state index is 13.5. The quantitative estimate of drug-likeness (QED) is 0.0177. The lowest BCUT2D eigenvalue weighted by molar-refractivity contribution is -0.276. The average Bonchev–Trinajstić information content (AvgIpc) is 1.06. The number of aromatic nitrogens is 5. The summed E-state index contributed by atoms with van der Waals surface area (Å²) in [5.41, 5.74) is -0.0417. The van der Waals surface area contributed by atoms with Crippen molar-refractivity contribution in [1.29, 1.82) is 0 Å². The number of amides is 7. The Morgan fingerprint density at radius 2 is 0.823 bits per heavy atom. The van der Waals surface area contributed by atoms with Crippen molar-refractivity contribution in [3.63, 3.8) is 0 Å². The van der Waals surface area contributed by atoms with Crippen LogP contribution < -0.4 is 65.6 Å². The van der Waals surface area contributed by atoms with Crippen LogP contribution in [0.15, 0.2) is 132 Å². The van der Waals surface area contributed by atoms with Crippen molar-refractivity contribution in [1.82, 2.24) is 62.3 Å². The van der Waals surface area contributed by atoms with Gasteiger partial charge >= 0.3 is 12.7 Å². The molecule has 7 amide bonds. The van der Waals surface area contributed by atoms with Crippen molar-refractivity contribution in [2.45, 2.75) is 188 Å². The van der Waals surface area contributed by atoms with Gasteiger partial charge in [0.25, 0.3) is 41.4 Å². The summed E-state index contributed by atoms with van der Waals surface area (Å²) >= 11 is 23.2. The first-order valence-corrected chi connectivity index (χ1v) is 40.4. The van der Waals surface area contributed by atoms with Crippen LogP contribution in [0.5, 0.6) is 34.6 Å². The molecular weight excluding hydrogens is 1730 g/mol. The summed E-state index contributed by atoms with van der Waals surface area (Å²) in [6.07, 6.45) is 3.81. The zero-order valence-electron chi connectivity index (χ0n) is 66.6. The molecule has 1 atom stereocenters. The maximum Gasteiger partial charge on any atom is 0.574 e. The Morgan fingerprint density at radius 1 is 0.427 bits per heavy atom. The Labute approximate surface area is 722 Å². The van der Waals surface area contributed by atoms with Crippen molar-refractivity contribution in [2.24, 2.45) is 5.41 Å². The van der Waals surface area contributed by atoms with Crippen molar-refractivity contribution in [2.75, 3.05) is 26.4 Å². The fourth-order valence-electron chi connectivity index (χ4n) is 17.8. The number of ether oxygens (including phenoxy) is 6. The Balaban J connectivity index is 0.000000142. The SMILES string of the molecule is CC(F)c1cnc(C(=O)NC23CCC(NC(=O)COc4ccc(Cl)c(F)c4)(C2)C3)cn1.Cc1cc(C(=O)CC23CC(NC(=O)COc4ccc(Cl)c(F)c4)(C2)C3)on1.Cc1cc(OCC(=O)NC23CCC(NC(=O)c4ccc(OC(F)(F)F)cn4)(C2)C3)ccc1Cl.Cc1cc(OCC(=O)NC23CCC(NC(=O)c4ccc(OC(F)(F)F)nc4)(C2)C3)ccc1Cl. The second-order valence-electron chi connectivity index (χ2n) is 33.0. The number of benzene rings is 4. The lowest BCUT2D eigenvalue weighted by Crippen LogP contribution is -2.75. The van der Waals surface area contributed by atoms with Gasteiger partial charge in [0, 0.05) is 85.7 Å². The number of fused-ring (bicyclic) bond motifs is 3. The molecule has 20 rings (SSSR count). The van der Waals surface area contributed by atoms with E-state index < -0.39 is 87.2 Å². The summed E-state index contributed by atoms with van der Waals surface area (Å²) in [7, 11) is 0. The number of rotatable bonds is 28. The van der Waals surface area contributed by atoms with Crippen molar-refractivity contribution in [3.8, 4) is 34.6 Å². The zero-order chi connectivity index (χ0) is 89.2. The molecule has 12 saturated carbocycles. The number of aryl methyl sites for hydroxylation is 3. The van der Waals surface area contributed by atoms with E-state index in [-0.39, 0.29) is 117 Å². The van der Waals surface area contributed by atoms with Gasteiger partial charge in [0.15, 0.2) is 26.4 Å². The summed E-state index contributed by atoms with van der Waals surface area (Å²) < 4.78 is 148. The predicted molar refractivity (Wildman–Crippen MR) is 427 cm³/mol. The summed E-state index contributed by atoms with van der Waals surface area (Å²) in [6.45, 7) is 6.07. The van der Waals surface area contributed by atoms with Crippen LogP contribution in [0.4, 0.5) is 39.5 Å². The highest BCUT2D eigenvalue weighted by atomic mass is 35.5. The first-order chi connectivity index (χ1) is 58.4. The lowest BCUT2D eigenvalue weighted by atomic mass is 9.38. The van der Waals surface area contributed by atoms with E-state index in [2.05, 4.69) is 71.8 Å². The van der Waals surface area contributed by atoms with Crippen LogP contribution in [0.1, 0.15) is 180 Å². The number of nitrogens with one attached hydrogen (secondary N) is 7. The minimum Gasteiger partial charge on any atom is -0.484 e. The van der Waals surface area contributed by atoms with Gasteiger partial charge in [0.05, 0.1) is 45.6 Å². The number of pyridine rings is 2. The van der Waals surface area contributed by atoms with Crippen LogP contribution in [-0.4, -0.2) is 150 Å². The van der Waals surface area contributed by atoms with E-state index in [0.29, 0.717) is 104 Å². The number of nitrogens with zero attached hydrogens (tertiary/aromatic N) is 5. The highest BCUT2D eigenvalue weighted by molar-refractivity contribution is 6.32. The molecule has 0 radical (unpaired) electrons. The second-order valence-corrected chi connectivity index (χ2v) is 34.6.